The number of nitrogens with zero attached hydrogens (tertiary/aromatic N) is 2. The lowest BCUT2D eigenvalue weighted by Crippen LogP contribution is -2.60. The Labute approximate surface area is 324 Å². The summed E-state index contributed by atoms with van der Waals surface area (Å²) in [6.07, 6.45) is 9.22. The first-order valence-electron chi connectivity index (χ1n) is 16.8. The summed E-state index contributed by atoms with van der Waals surface area (Å²) in [6.45, 7) is 0. The maximum Gasteiger partial charge on any atom is 0.254 e. The van der Waals surface area contributed by atoms with Gasteiger partial charge >= 0.3 is 0 Å². The van der Waals surface area contributed by atoms with E-state index in [0.29, 0.717) is 28.3 Å². The number of phenolic OH excluding ortho intramolecular Hbond substituents is 1. The molecule has 4 amide bonds. The Balaban J connectivity index is 1.21. The standard InChI is InChI=1S/C40H35BrCl2N2O8/c1-51-26-12-17-32(52-2)24(19-26)9-4-22-5-10-25(11-6-22)45-35(47)28-14-13-27-29(34(28)36(45)48)20-39(42)37(49)44(21-41)38(50)40(39,43)30(27)15-7-23-8-16-31(46)33(18-23)53-3/h4-13,15-19,28-30,34,46H,14,20-21H2,1-3H3/t28-,29+,30-,34-,39+,40-/m0/s1. The number of carbonyl (C=O) groups excluding carboxylic acids is 4. The third-order valence-corrected chi connectivity index (χ3v) is 12.7. The molecule has 1 N–H and O–H groups in total. The van der Waals surface area contributed by atoms with Crippen LogP contribution in [0, 0.1) is 23.7 Å². The molecule has 7 rings (SSSR count). The lowest BCUT2D eigenvalue weighted by atomic mass is 9.57. The number of methoxy groups -OCH3 is 3. The van der Waals surface area contributed by atoms with Gasteiger partial charge in [-0.15, -0.1) is 23.2 Å². The predicted octanol–water partition coefficient (Wildman–Crippen LogP) is 7.05. The third kappa shape index (κ3) is 5.75. The summed E-state index contributed by atoms with van der Waals surface area (Å²) in [7, 11) is 4.62. The molecule has 53 heavy (non-hydrogen) atoms. The first-order valence-corrected chi connectivity index (χ1v) is 18.7. The summed E-state index contributed by atoms with van der Waals surface area (Å²) in [6, 6.07) is 17.3. The minimum atomic E-state index is -1.91. The molecule has 3 aromatic carbocycles. The molecule has 0 aromatic heterocycles. The molecule has 0 bridgehead atoms. The van der Waals surface area contributed by atoms with Crippen LogP contribution in [-0.2, 0) is 19.2 Å². The minimum Gasteiger partial charge on any atom is -0.504 e. The molecule has 1 saturated carbocycles. The molecule has 2 aliphatic carbocycles. The minimum absolute atomic E-state index is 0.0458. The second-order valence-corrected chi connectivity index (χ2v) is 15.1. The number of hydrogen-bond acceptors (Lipinski definition) is 8. The van der Waals surface area contributed by atoms with Gasteiger partial charge in [0.25, 0.3) is 11.8 Å². The van der Waals surface area contributed by atoms with E-state index >= 15 is 0 Å². The Hall–Kier alpha value is -4.58. The lowest BCUT2D eigenvalue weighted by Gasteiger charge is -2.49. The van der Waals surface area contributed by atoms with Crippen LogP contribution >= 0.6 is 39.1 Å². The van der Waals surface area contributed by atoms with Crippen LogP contribution < -0.4 is 19.1 Å². The normalized spacial score (nSPS) is 28.0. The molecule has 3 aromatic rings. The summed E-state index contributed by atoms with van der Waals surface area (Å²) in [5.74, 6) is -3.57. The highest BCUT2D eigenvalue weighted by molar-refractivity contribution is 9.09. The molecule has 0 unspecified atom stereocenters. The number of halogens is 3. The number of hydrogen-bond donors (Lipinski definition) is 1. The van der Waals surface area contributed by atoms with Crippen LogP contribution in [0.1, 0.15) is 29.5 Å². The van der Waals surface area contributed by atoms with Crippen LogP contribution in [0.15, 0.2) is 78.4 Å². The van der Waals surface area contributed by atoms with Crippen LogP contribution in [0.25, 0.3) is 18.2 Å². The van der Waals surface area contributed by atoms with Crippen molar-refractivity contribution in [3.8, 4) is 23.0 Å². The van der Waals surface area contributed by atoms with E-state index in [0.717, 1.165) is 16.0 Å². The predicted molar refractivity (Wildman–Crippen MR) is 205 cm³/mol. The van der Waals surface area contributed by atoms with Crippen LogP contribution in [0.5, 0.6) is 23.0 Å². The number of ether oxygens (including phenoxy) is 3. The number of fused-ring (bicyclic) bond motifs is 4. The van der Waals surface area contributed by atoms with Crippen molar-refractivity contribution >= 4 is 86.7 Å². The number of benzene rings is 3. The summed E-state index contributed by atoms with van der Waals surface area (Å²) in [5.41, 5.74) is 3.26. The number of likely N-dealkylation sites (tertiary alicyclic amines) is 1. The molecule has 0 radical (unpaired) electrons. The van der Waals surface area contributed by atoms with E-state index in [2.05, 4.69) is 15.9 Å². The van der Waals surface area contributed by atoms with E-state index in [1.165, 1.54) is 18.1 Å². The molecule has 13 heteroatoms. The van der Waals surface area contributed by atoms with Gasteiger partial charge in [-0.1, -0.05) is 70.1 Å². The SMILES string of the molecule is COc1ccc(OC)c(C=Cc2ccc(N3C(=O)[C@H]4[C@H](CC=C5[C@H]4C[C@@]4(Cl)C(=O)N(CBr)C(=O)[C@@]4(Cl)[C@H]5C=Cc4ccc(O)c(OC)c4)C3=O)cc2)c1. The van der Waals surface area contributed by atoms with E-state index in [1.807, 2.05) is 48.6 Å². The van der Waals surface area contributed by atoms with Crippen molar-refractivity contribution in [1.29, 1.82) is 0 Å². The fourth-order valence-corrected chi connectivity index (χ4v) is 9.53. The second-order valence-electron chi connectivity index (χ2n) is 13.4. The van der Waals surface area contributed by atoms with Crippen molar-refractivity contribution in [2.45, 2.75) is 22.6 Å². The van der Waals surface area contributed by atoms with Crippen LogP contribution in [0.4, 0.5) is 5.69 Å². The molecular weight excluding hydrogens is 787 g/mol. The first kappa shape index (κ1) is 36.8. The van der Waals surface area contributed by atoms with Gasteiger partial charge in [0.1, 0.15) is 11.5 Å². The quantitative estimate of drug-likeness (QED) is 0.0802. The smallest absolute Gasteiger partial charge is 0.254 e. The van der Waals surface area contributed by atoms with Gasteiger partial charge in [-0.3, -0.25) is 29.0 Å². The Morgan fingerprint density at radius 3 is 2.23 bits per heavy atom. The van der Waals surface area contributed by atoms with Gasteiger partial charge in [-0.05, 0) is 72.4 Å². The maximum absolute atomic E-state index is 14.4. The van der Waals surface area contributed by atoms with Gasteiger partial charge in [-0.25, -0.2) is 0 Å². The Bertz CT molecular complexity index is 2120. The molecule has 274 valence electrons. The van der Waals surface area contributed by atoms with E-state index in [-0.39, 0.29) is 35.7 Å². The van der Waals surface area contributed by atoms with Crippen LogP contribution in [0.3, 0.4) is 0 Å². The highest BCUT2D eigenvalue weighted by Crippen LogP contribution is 2.63. The Morgan fingerprint density at radius 2 is 1.55 bits per heavy atom. The van der Waals surface area contributed by atoms with Gasteiger partial charge in [0.15, 0.2) is 21.2 Å². The number of aromatic hydroxyl groups is 1. The molecule has 2 aliphatic heterocycles. The highest BCUT2D eigenvalue weighted by Gasteiger charge is 2.75. The Morgan fingerprint density at radius 1 is 0.830 bits per heavy atom. The van der Waals surface area contributed by atoms with E-state index in [1.54, 1.807) is 50.6 Å². The second kappa shape index (κ2) is 14.0. The number of carbonyl (C=O) groups is 4. The summed E-state index contributed by atoms with van der Waals surface area (Å²) < 4.78 is 16.1. The highest BCUT2D eigenvalue weighted by atomic mass is 79.9. The molecule has 0 spiro atoms. The number of allylic oxidation sites excluding steroid dienone is 3. The molecule has 6 atom stereocenters. The number of anilines is 1. The van der Waals surface area contributed by atoms with Gasteiger partial charge < -0.3 is 19.3 Å². The average molecular weight is 823 g/mol. The van der Waals surface area contributed by atoms with Gasteiger partial charge in [0, 0.05) is 11.5 Å². The van der Waals surface area contributed by atoms with Crippen molar-refractivity contribution in [1.82, 2.24) is 4.90 Å². The fourth-order valence-electron chi connectivity index (χ4n) is 8.15. The lowest BCUT2D eigenvalue weighted by molar-refractivity contribution is -0.138. The number of alkyl halides is 3. The molecule has 4 aliphatic rings. The maximum atomic E-state index is 14.4. The van der Waals surface area contributed by atoms with Crippen molar-refractivity contribution in [2.75, 3.05) is 31.7 Å². The zero-order chi connectivity index (χ0) is 37.8. The topological polar surface area (TPSA) is 123 Å². The number of imide groups is 2. The summed E-state index contributed by atoms with van der Waals surface area (Å²) in [4.78, 5) is 54.6. The third-order valence-electron chi connectivity index (χ3n) is 10.8. The summed E-state index contributed by atoms with van der Waals surface area (Å²) >= 11 is 17.8. The number of phenols is 1. The summed E-state index contributed by atoms with van der Waals surface area (Å²) in [5, 5.41) is 10.1. The van der Waals surface area contributed by atoms with Crippen LogP contribution in [-0.4, -0.2) is 70.2 Å². The monoisotopic (exact) mass is 820 g/mol. The molecule has 2 heterocycles. The Kier molecular flexibility index (Phi) is 9.71. The average Bonchev–Trinajstić information content (AvgIpc) is 3.51. The van der Waals surface area contributed by atoms with Gasteiger partial charge in [0.05, 0.1) is 44.3 Å². The number of rotatable bonds is 9. The van der Waals surface area contributed by atoms with Crippen LogP contribution in [0.2, 0.25) is 0 Å². The molecule has 2 saturated heterocycles. The van der Waals surface area contributed by atoms with E-state index in [9.17, 15) is 24.3 Å². The fraction of sp³-hybridized carbons (Fsp3) is 0.300. The van der Waals surface area contributed by atoms with Crippen molar-refractivity contribution < 1.29 is 38.5 Å². The first-order chi connectivity index (χ1) is 25.4. The molecular formula is C40H35BrCl2N2O8. The van der Waals surface area contributed by atoms with Crippen molar-refractivity contribution in [3.63, 3.8) is 0 Å². The van der Waals surface area contributed by atoms with Gasteiger partial charge in [-0.2, -0.15) is 0 Å². The number of amides is 4. The zero-order valence-electron chi connectivity index (χ0n) is 28.9. The van der Waals surface area contributed by atoms with E-state index < -0.39 is 51.1 Å². The molecule has 10 nitrogen and oxygen atoms in total. The largest absolute Gasteiger partial charge is 0.504 e. The van der Waals surface area contributed by atoms with E-state index in [4.69, 9.17) is 37.4 Å². The zero-order valence-corrected chi connectivity index (χ0v) is 32.0. The molecule has 3 fully saturated rings. The van der Waals surface area contributed by atoms with Crippen molar-refractivity contribution in [3.05, 3.63) is 95.1 Å². The van der Waals surface area contributed by atoms with Gasteiger partial charge in [0.2, 0.25) is 11.8 Å². The van der Waals surface area contributed by atoms with Crippen molar-refractivity contribution in [2.24, 2.45) is 23.7 Å².